The smallest absolute Gasteiger partial charge is 0.384 e. The first kappa shape index (κ1) is 25.2. The standard InChI is InChI=1S/C26H31F3N8/c27-26(28,29)11-13-37-16-19(15-32-37)21(22-14-23(30)33-25-24(22)34-36-35-25)10-12-31-20-8-6-18(7-9-20)17-4-2-1-3-5-17/h1-5,14-16,18,20-21,31H,6-13H2,(H3,30,33,34,35,36). The van der Waals surface area contributed by atoms with Crippen molar-refractivity contribution in [1.29, 1.82) is 0 Å². The summed E-state index contributed by atoms with van der Waals surface area (Å²) in [4.78, 5) is 4.23. The zero-order valence-electron chi connectivity index (χ0n) is 20.5. The maximum absolute atomic E-state index is 12.7. The number of nitrogens with two attached hydrogens (primary N) is 1. The highest BCUT2D eigenvalue weighted by Crippen LogP contribution is 2.34. The van der Waals surface area contributed by atoms with Crippen molar-refractivity contribution in [1.82, 2.24) is 35.5 Å². The molecule has 0 radical (unpaired) electrons. The van der Waals surface area contributed by atoms with Gasteiger partial charge < -0.3 is 11.1 Å². The molecule has 0 spiro atoms. The van der Waals surface area contributed by atoms with E-state index in [1.165, 1.54) is 10.2 Å². The second-order valence-corrected chi connectivity index (χ2v) is 9.79. The molecule has 5 rings (SSSR count). The van der Waals surface area contributed by atoms with E-state index >= 15 is 0 Å². The molecule has 3 aromatic heterocycles. The van der Waals surface area contributed by atoms with Gasteiger partial charge >= 0.3 is 6.18 Å². The molecule has 3 heterocycles. The van der Waals surface area contributed by atoms with Gasteiger partial charge in [-0.2, -0.15) is 28.6 Å². The number of anilines is 1. The van der Waals surface area contributed by atoms with Gasteiger partial charge in [-0.3, -0.25) is 4.68 Å². The summed E-state index contributed by atoms with van der Waals surface area (Å²) in [6.45, 7) is 0.512. The third kappa shape index (κ3) is 6.27. The quantitative estimate of drug-likeness (QED) is 0.294. The molecule has 4 N–H and O–H groups in total. The van der Waals surface area contributed by atoms with Gasteiger partial charge in [-0.1, -0.05) is 30.3 Å². The number of hydrogen-bond donors (Lipinski definition) is 3. The van der Waals surface area contributed by atoms with E-state index in [1.807, 2.05) is 0 Å². The molecule has 1 aliphatic rings. The predicted octanol–water partition coefficient (Wildman–Crippen LogP) is 4.92. The minimum atomic E-state index is -4.23. The van der Waals surface area contributed by atoms with E-state index in [0.29, 0.717) is 35.4 Å². The molecule has 1 unspecified atom stereocenters. The van der Waals surface area contributed by atoms with Gasteiger partial charge in [0, 0.05) is 24.7 Å². The van der Waals surface area contributed by atoms with Crippen LogP contribution in [-0.2, 0) is 6.54 Å². The lowest BCUT2D eigenvalue weighted by atomic mass is 9.81. The summed E-state index contributed by atoms with van der Waals surface area (Å²) in [5.74, 6) is 0.749. The first-order chi connectivity index (χ1) is 17.9. The second-order valence-electron chi connectivity index (χ2n) is 9.79. The number of hydrogen-bond acceptors (Lipinski definition) is 6. The van der Waals surface area contributed by atoms with Gasteiger partial charge in [0.2, 0.25) is 5.65 Å². The first-order valence-corrected chi connectivity index (χ1v) is 12.7. The maximum atomic E-state index is 12.7. The van der Waals surface area contributed by atoms with E-state index in [1.54, 1.807) is 18.5 Å². The highest BCUT2D eigenvalue weighted by Gasteiger charge is 2.28. The number of aromatic nitrogens is 6. The zero-order valence-corrected chi connectivity index (χ0v) is 20.5. The van der Waals surface area contributed by atoms with E-state index in [2.05, 4.69) is 61.1 Å². The molecule has 37 heavy (non-hydrogen) atoms. The van der Waals surface area contributed by atoms with E-state index < -0.39 is 12.6 Å². The lowest BCUT2D eigenvalue weighted by Crippen LogP contribution is -2.34. The Kier molecular flexibility index (Phi) is 7.40. The van der Waals surface area contributed by atoms with Crippen LogP contribution in [0.15, 0.2) is 48.8 Å². The number of benzene rings is 1. The predicted molar refractivity (Wildman–Crippen MR) is 135 cm³/mol. The SMILES string of the molecule is Nc1cc(C(CCNC2CCC(c3ccccc3)CC2)c2cnn(CCC(F)(F)F)c2)c2n[nH]nc2n1. The zero-order chi connectivity index (χ0) is 25.8. The molecule has 1 saturated carbocycles. The molecule has 0 amide bonds. The van der Waals surface area contributed by atoms with Crippen molar-refractivity contribution >= 4 is 17.0 Å². The Morgan fingerprint density at radius 2 is 1.89 bits per heavy atom. The number of aromatic amines is 1. The highest BCUT2D eigenvalue weighted by atomic mass is 19.4. The Bertz CT molecular complexity index is 1290. The number of nitrogens with zero attached hydrogens (tertiary/aromatic N) is 5. The molecule has 8 nitrogen and oxygen atoms in total. The number of nitrogen functional groups attached to an aromatic ring is 1. The lowest BCUT2D eigenvalue weighted by molar-refractivity contribution is -0.137. The lowest BCUT2D eigenvalue weighted by Gasteiger charge is -2.30. The fourth-order valence-electron chi connectivity index (χ4n) is 5.36. The summed E-state index contributed by atoms with van der Waals surface area (Å²) in [7, 11) is 0. The van der Waals surface area contributed by atoms with Crippen molar-refractivity contribution in [2.45, 2.75) is 69.1 Å². The van der Waals surface area contributed by atoms with E-state index in [4.69, 9.17) is 5.73 Å². The molecule has 0 bridgehead atoms. The summed E-state index contributed by atoms with van der Waals surface area (Å²) in [5.41, 5.74) is 10.1. The summed E-state index contributed by atoms with van der Waals surface area (Å²) in [6, 6.07) is 12.9. The van der Waals surface area contributed by atoms with Crippen molar-refractivity contribution in [3.8, 4) is 0 Å². The Balaban J connectivity index is 1.28. The minimum absolute atomic E-state index is 0.175. The van der Waals surface area contributed by atoms with Gasteiger partial charge in [0.15, 0.2) is 0 Å². The number of pyridine rings is 1. The normalized spacial score (nSPS) is 19.3. The van der Waals surface area contributed by atoms with Crippen molar-refractivity contribution in [3.63, 3.8) is 0 Å². The van der Waals surface area contributed by atoms with Crippen LogP contribution in [0.4, 0.5) is 19.0 Å². The van der Waals surface area contributed by atoms with Crippen LogP contribution in [0.25, 0.3) is 11.2 Å². The number of nitrogens with one attached hydrogen (secondary N) is 2. The van der Waals surface area contributed by atoms with Crippen molar-refractivity contribution < 1.29 is 13.2 Å². The monoisotopic (exact) mass is 512 g/mol. The number of rotatable bonds is 9. The van der Waals surface area contributed by atoms with Crippen LogP contribution in [0.2, 0.25) is 0 Å². The van der Waals surface area contributed by atoms with Crippen molar-refractivity contribution in [3.05, 3.63) is 65.5 Å². The van der Waals surface area contributed by atoms with Crippen LogP contribution in [0.1, 0.15) is 67.1 Å². The average molecular weight is 513 g/mol. The number of fused-ring (bicyclic) bond motifs is 1. The Morgan fingerprint density at radius 1 is 1.11 bits per heavy atom. The number of H-pyrrole nitrogens is 1. The Morgan fingerprint density at radius 3 is 2.65 bits per heavy atom. The van der Waals surface area contributed by atoms with Gasteiger partial charge in [-0.15, -0.1) is 5.10 Å². The summed E-state index contributed by atoms with van der Waals surface area (Å²) >= 11 is 0. The minimum Gasteiger partial charge on any atom is -0.384 e. The van der Waals surface area contributed by atoms with E-state index in [0.717, 1.165) is 43.4 Å². The van der Waals surface area contributed by atoms with Gasteiger partial charge in [0.25, 0.3) is 0 Å². The fraction of sp³-hybridized carbons (Fsp3) is 0.462. The maximum Gasteiger partial charge on any atom is 0.390 e. The second kappa shape index (κ2) is 10.9. The first-order valence-electron chi connectivity index (χ1n) is 12.7. The van der Waals surface area contributed by atoms with Gasteiger partial charge in [0.05, 0.1) is 12.6 Å². The number of halogens is 3. The fourth-order valence-corrected chi connectivity index (χ4v) is 5.36. The van der Waals surface area contributed by atoms with Gasteiger partial charge in [0.1, 0.15) is 11.3 Å². The number of alkyl halides is 3. The third-order valence-corrected chi connectivity index (χ3v) is 7.26. The average Bonchev–Trinajstić information content (AvgIpc) is 3.55. The van der Waals surface area contributed by atoms with Gasteiger partial charge in [-0.05, 0) is 67.3 Å². The molecular formula is C26H31F3N8. The Hall–Kier alpha value is -3.47. The third-order valence-electron chi connectivity index (χ3n) is 7.26. The molecule has 1 atom stereocenters. The van der Waals surface area contributed by atoms with Crippen LogP contribution in [0, 0.1) is 0 Å². The van der Waals surface area contributed by atoms with Crippen LogP contribution < -0.4 is 11.1 Å². The Labute approximate surface area is 212 Å². The van der Waals surface area contributed by atoms with Crippen LogP contribution in [0.3, 0.4) is 0 Å². The largest absolute Gasteiger partial charge is 0.390 e. The molecular weight excluding hydrogens is 481 g/mol. The molecule has 0 aliphatic heterocycles. The number of aryl methyl sites for hydroxylation is 1. The molecule has 11 heteroatoms. The summed E-state index contributed by atoms with van der Waals surface area (Å²) in [5, 5.41) is 18.8. The van der Waals surface area contributed by atoms with Crippen molar-refractivity contribution in [2.75, 3.05) is 12.3 Å². The van der Waals surface area contributed by atoms with Crippen LogP contribution in [-0.4, -0.2) is 48.9 Å². The molecule has 4 aromatic rings. The molecule has 196 valence electrons. The highest BCUT2D eigenvalue weighted by molar-refractivity contribution is 5.77. The molecule has 1 fully saturated rings. The summed E-state index contributed by atoms with van der Waals surface area (Å²) < 4.78 is 39.5. The van der Waals surface area contributed by atoms with E-state index in [9.17, 15) is 13.2 Å². The topological polar surface area (TPSA) is 110 Å². The van der Waals surface area contributed by atoms with E-state index in [-0.39, 0.29) is 12.5 Å². The molecule has 0 saturated heterocycles. The van der Waals surface area contributed by atoms with Crippen LogP contribution >= 0.6 is 0 Å². The summed E-state index contributed by atoms with van der Waals surface area (Å²) in [6.07, 6.45) is 3.37. The van der Waals surface area contributed by atoms with Gasteiger partial charge in [-0.25, -0.2) is 4.98 Å². The molecule has 1 aliphatic carbocycles. The molecule has 1 aromatic carbocycles. The van der Waals surface area contributed by atoms with Crippen molar-refractivity contribution in [2.24, 2.45) is 0 Å². The van der Waals surface area contributed by atoms with Crippen LogP contribution in [0.5, 0.6) is 0 Å².